The smallest absolute Gasteiger partial charge is 0.352 e. The van der Waals surface area contributed by atoms with Gasteiger partial charge in [0.25, 0.3) is 11.8 Å². The quantitative estimate of drug-likeness (QED) is 0.0134. The Balaban J connectivity index is 2.30. The van der Waals surface area contributed by atoms with Gasteiger partial charge in [0, 0.05) is 31.1 Å². The average Bonchev–Trinajstić information content (AvgIpc) is 3.88. The van der Waals surface area contributed by atoms with Gasteiger partial charge in [-0.2, -0.15) is 0 Å². The van der Waals surface area contributed by atoms with Gasteiger partial charge in [-0.1, -0.05) is 36.2 Å². The number of aliphatic imine (C=N–C) groups is 2. The number of rotatable bonds is 34. The SMILES string of the molecule is CN[C@@H](CCCCN)C(=O)N[C@H](C(=O)N[C@@H](C)C(=O)NCC(=O)N=C(CCCN)C(=O)N1CCC[C@H]1C(=O)N[C@@H](Cc1ccc(Cl)cc1)C(=O)N[C@@H](CCCCN)C(=O)N/C(=C\CCN=C(N)N)C(=O)O)[C@@H](O)CN. The fraction of sp³-hybridized carbons (Fsp3) is 0.596. The highest BCUT2D eigenvalue weighted by Gasteiger charge is 2.38. The molecule has 8 amide bonds. The van der Waals surface area contributed by atoms with E-state index in [9.17, 15) is 53.4 Å². The fourth-order valence-corrected chi connectivity index (χ4v) is 7.74. The zero-order valence-corrected chi connectivity index (χ0v) is 43.4. The molecule has 1 heterocycles. The van der Waals surface area contributed by atoms with Crippen LogP contribution in [-0.4, -0.2) is 175 Å². The van der Waals surface area contributed by atoms with Crippen molar-refractivity contribution in [1.29, 1.82) is 0 Å². The zero-order chi connectivity index (χ0) is 56.0. The molecular formula is C47H77ClN16O11. The molecule has 1 aliphatic heterocycles. The molecule has 75 heavy (non-hydrogen) atoms. The second-order valence-corrected chi connectivity index (χ2v) is 18.0. The Labute approximate surface area is 440 Å². The molecule has 1 aliphatic rings. The Hall–Kier alpha value is -6.62. The Kier molecular flexibility index (Phi) is 29.9. The second-order valence-electron chi connectivity index (χ2n) is 17.6. The van der Waals surface area contributed by atoms with Crippen molar-refractivity contribution in [3.8, 4) is 0 Å². The predicted octanol–water partition coefficient (Wildman–Crippen LogP) is -4.43. The van der Waals surface area contributed by atoms with Crippen molar-refractivity contribution in [2.75, 3.05) is 52.9 Å². The maximum atomic E-state index is 14.2. The standard InChI is InChI=1S/C47H77ClN16O11/c1-27(58-44(72)38(36(65)25-52)63-40(68)30(55-2)10-3-5-19-49)39(67)57-26-37(66)59-32(12-7-21-51)45(73)64-23-9-14-35(64)43(71)62-34(24-28-15-17-29(48)18-16-28)42(70)60-31(11-4-6-20-50)41(69)61-33(46(74)75)13-8-22-56-47(53)54/h13,15-18,27,30-31,34-36,38,55,65H,3-12,14,19-26,49-52H2,1-2H3,(H,57,67)(H,58,72)(H,60,70)(H,61,69)(H,62,71)(H,63,68)(H,74,75)(H4,53,54,56)/b33-13-,59-32?/t27-,30-,31-,34-,35-,36-,38-/m0/s1. The maximum Gasteiger partial charge on any atom is 0.352 e. The van der Waals surface area contributed by atoms with E-state index in [0.29, 0.717) is 55.7 Å². The van der Waals surface area contributed by atoms with Gasteiger partial charge in [0.15, 0.2) is 5.96 Å². The number of nitrogens with zero attached hydrogens (tertiary/aromatic N) is 3. The normalized spacial score (nSPS) is 16.0. The van der Waals surface area contributed by atoms with Crippen LogP contribution in [0.3, 0.4) is 0 Å². The minimum absolute atomic E-state index is 0.0378. The number of amides is 8. The van der Waals surface area contributed by atoms with Crippen molar-refractivity contribution in [1.82, 2.24) is 42.1 Å². The maximum absolute atomic E-state index is 14.2. The van der Waals surface area contributed by atoms with Crippen LogP contribution in [0.5, 0.6) is 0 Å². The lowest BCUT2D eigenvalue weighted by molar-refractivity contribution is -0.137. The van der Waals surface area contributed by atoms with Crippen LogP contribution in [0.1, 0.15) is 83.1 Å². The molecule has 21 N–H and O–H groups in total. The molecule has 1 fully saturated rings. The topological polar surface area (TPSA) is 462 Å². The summed E-state index contributed by atoms with van der Waals surface area (Å²) in [6, 6.07) is -0.912. The monoisotopic (exact) mass is 1080 g/mol. The lowest BCUT2D eigenvalue weighted by Gasteiger charge is -2.28. The largest absolute Gasteiger partial charge is 0.477 e. The van der Waals surface area contributed by atoms with E-state index in [0.717, 1.165) is 0 Å². The van der Waals surface area contributed by atoms with Gasteiger partial charge in [0.1, 0.15) is 41.6 Å². The lowest BCUT2D eigenvalue weighted by atomic mass is 10.0. The molecule has 0 aliphatic carbocycles. The van der Waals surface area contributed by atoms with Crippen LogP contribution in [-0.2, 0) is 49.6 Å². The summed E-state index contributed by atoms with van der Waals surface area (Å²) in [6.07, 6.45) is 2.81. The fourth-order valence-electron chi connectivity index (χ4n) is 7.61. The number of unbranched alkanes of at least 4 members (excludes halogenated alkanes) is 2. The molecule has 27 nitrogen and oxygen atoms in total. The van der Waals surface area contributed by atoms with Crippen molar-refractivity contribution in [2.24, 2.45) is 44.4 Å². The summed E-state index contributed by atoms with van der Waals surface area (Å²) in [4.78, 5) is 130. The van der Waals surface area contributed by atoms with Crippen LogP contribution >= 0.6 is 11.6 Å². The first kappa shape index (κ1) is 64.5. The van der Waals surface area contributed by atoms with Gasteiger partial charge in [-0.3, -0.25) is 43.3 Å². The first-order valence-electron chi connectivity index (χ1n) is 24.8. The molecule has 0 bridgehead atoms. The number of likely N-dealkylation sites (N-methyl/N-ethyl adjacent to an activating group) is 1. The summed E-state index contributed by atoms with van der Waals surface area (Å²) in [5.74, 6) is -8.18. The number of nitrogens with one attached hydrogen (secondary N) is 7. The number of hydrogen-bond donors (Lipinski definition) is 15. The van der Waals surface area contributed by atoms with Gasteiger partial charge in [-0.15, -0.1) is 0 Å². The molecule has 0 unspecified atom stereocenters. The molecule has 0 radical (unpaired) electrons. The Morgan fingerprint density at radius 3 is 2.01 bits per heavy atom. The summed E-state index contributed by atoms with van der Waals surface area (Å²) in [5, 5.41) is 38.5. The van der Waals surface area contributed by atoms with Crippen molar-refractivity contribution in [3.05, 3.63) is 46.6 Å². The first-order valence-corrected chi connectivity index (χ1v) is 25.2. The van der Waals surface area contributed by atoms with Crippen molar-refractivity contribution >= 4 is 76.5 Å². The number of hydrogen-bond acceptors (Lipinski definition) is 16. The van der Waals surface area contributed by atoms with Crippen LogP contribution in [0, 0.1) is 0 Å². The van der Waals surface area contributed by atoms with Crippen LogP contribution in [0.25, 0.3) is 0 Å². The number of carbonyl (C=O) groups excluding carboxylic acids is 8. The third-order valence-electron chi connectivity index (χ3n) is 11.8. The number of carboxylic acids is 1. The van der Waals surface area contributed by atoms with E-state index in [-0.39, 0.29) is 76.4 Å². The first-order chi connectivity index (χ1) is 35.7. The Bertz CT molecular complexity index is 2180. The van der Waals surface area contributed by atoms with E-state index in [1.807, 2.05) is 0 Å². The third kappa shape index (κ3) is 23.2. The zero-order valence-electron chi connectivity index (χ0n) is 42.6. The second kappa shape index (κ2) is 34.8. The van der Waals surface area contributed by atoms with E-state index >= 15 is 0 Å². The number of nitrogens with two attached hydrogens (primary N) is 6. The summed E-state index contributed by atoms with van der Waals surface area (Å²) in [5.41, 5.74) is 33.1. The minimum Gasteiger partial charge on any atom is -0.477 e. The van der Waals surface area contributed by atoms with Crippen LogP contribution in [0.4, 0.5) is 0 Å². The van der Waals surface area contributed by atoms with Crippen molar-refractivity contribution in [3.63, 3.8) is 0 Å². The number of carboxylic acid groups (broad SMARTS) is 1. The molecule has 1 aromatic carbocycles. The van der Waals surface area contributed by atoms with Crippen LogP contribution in [0.2, 0.25) is 5.02 Å². The van der Waals surface area contributed by atoms with Crippen molar-refractivity contribution in [2.45, 2.75) is 126 Å². The molecule has 1 aromatic rings. The van der Waals surface area contributed by atoms with E-state index in [2.05, 4.69) is 47.2 Å². The van der Waals surface area contributed by atoms with E-state index in [1.165, 1.54) is 17.9 Å². The number of halogens is 1. The summed E-state index contributed by atoms with van der Waals surface area (Å²) in [7, 11) is 1.56. The molecule has 0 aromatic heterocycles. The summed E-state index contributed by atoms with van der Waals surface area (Å²) in [6.45, 7) is 1.07. The van der Waals surface area contributed by atoms with Crippen molar-refractivity contribution < 1.29 is 53.4 Å². The average molecular weight is 1080 g/mol. The molecule has 7 atom stereocenters. The van der Waals surface area contributed by atoms with E-state index in [1.54, 1.807) is 31.3 Å². The highest BCUT2D eigenvalue weighted by molar-refractivity contribution is 6.40. The molecular weight excluding hydrogens is 1000 g/mol. The number of likely N-dealkylation sites (tertiary alicyclic amines) is 1. The molecule has 2 rings (SSSR count). The highest BCUT2D eigenvalue weighted by atomic mass is 35.5. The number of guanidine groups is 1. The van der Waals surface area contributed by atoms with Crippen LogP contribution < -0.4 is 71.6 Å². The number of carbonyl (C=O) groups is 9. The third-order valence-corrected chi connectivity index (χ3v) is 12.0. The van der Waals surface area contributed by atoms with Gasteiger partial charge in [0.2, 0.25) is 35.4 Å². The van der Waals surface area contributed by atoms with Crippen LogP contribution in [0.15, 0.2) is 46.0 Å². The van der Waals surface area contributed by atoms with Gasteiger partial charge < -0.3 is 86.7 Å². The van der Waals surface area contributed by atoms with Gasteiger partial charge in [-0.25, -0.2) is 9.79 Å². The highest BCUT2D eigenvalue weighted by Crippen LogP contribution is 2.20. The van der Waals surface area contributed by atoms with Gasteiger partial charge in [-0.05, 0) is 116 Å². The van der Waals surface area contributed by atoms with Gasteiger partial charge in [0.05, 0.1) is 18.7 Å². The van der Waals surface area contributed by atoms with E-state index in [4.69, 9.17) is 46.0 Å². The van der Waals surface area contributed by atoms with E-state index < -0.39 is 114 Å². The number of benzene rings is 1. The molecule has 28 heteroatoms. The molecule has 0 saturated carbocycles. The summed E-state index contributed by atoms with van der Waals surface area (Å²) < 4.78 is 0. The Morgan fingerprint density at radius 2 is 1.43 bits per heavy atom. The minimum atomic E-state index is -1.53. The number of aliphatic carboxylic acids is 1. The lowest BCUT2D eigenvalue weighted by Crippen LogP contribution is -2.60. The molecule has 418 valence electrons. The number of aliphatic hydroxyl groups excluding tert-OH is 1. The summed E-state index contributed by atoms with van der Waals surface area (Å²) >= 11 is 6.12. The molecule has 0 spiro atoms. The molecule has 1 saturated heterocycles. The Morgan fingerprint density at radius 1 is 0.800 bits per heavy atom. The predicted molar refractivity (Wildman–Crippen MR) is 280 cm³/mol. The van der Waals surface area contributed by atoms with Gasteiger partial charge >= 0.3 is 5.97 Å². The number of aliphatic hydroxyl groups is 1.